The van der Waals surface area contributed by atoms with E-state index in [4.69, 9.17) is 23.2 Å². The third-order valence-corrected chi connectivity index (χ3v) is 2.64. The first-order valence-corrected chi connectivity index (χ1v) is 4.47. The molecule has 0 saturated heterocycles. The van der Waals surface area contributed by atoms with Crippen LogP contribution in [0.15, 0.2) is 39.5 Å². The van der Waals surface area contributed by atoms with E-state index < -0.39 is 0 Å². The SMILES string of the molecule is O=C1C=CN=C2C=C(Cl)C(Cl)=CC12. The zero-order chi connectivity index (χ0) is 9.42. The van der Waals surface area contributed by atoms with Gasteiger partial charge < -0.3 is 0 Å². The van der Waals surface area contributed by atoms with Gasteiger partial charge in [0, 0.05) is 12.3 Å². The summed E-state index contributed by atoms with van der Waals surface area (Å²) in [6.07, 6.45) is 6.15. The lowest BCUT2D eigenvalue weighted by atomic mass is 9.92. The predicted molar refractivity (Wildman–Crippen MR) is 52.9 cm³/mol. The molecule has 0 radical (unpaired) electrons. The van der Waals surface area contributed by atoms with E-state index in [-0.39, 0.29) is 11.7 Å². The van der Waals surface area contributed by atoms with Crippen LogP contribution in [0.5, 0.6) is 0 Å². The van der Waals surface area contributed by atoms with Crippen molar-refractivity contribution in [2.45, 2.75) is 0 Å². The first-order valence-electron chi connectivity index (χ1n) is 3.71. The molecule has 1 aliphatic carbocycles. The Kier molecular flexibility index (Phi) is 2.10. The van der Waals surface area contributed by atoms with Crippen LogP contribution in [0.2, 0.25) is 0 Å². The fraction of sp³-hybridized carbons (Fsp3) is 0.111. The zero-order valence-corrected chi connectivity index (χ0v) is 8.01. The summed E-state index contributed by atoms with van der Waals surface area (Å²) in [6, 6.07) is 0. The van der Waals surface area contributed by atoms with Crippen LogP contribution in [0.25, 0.3) is 0 Å². The summed E-state index contributed by atoms with van der Waals surface area (Å²) in [6.45, 7) is 0. The lowest BCUT2D eigenvalue weighted by Gasteiger charge is -2.17. The molecule has 0 fully saturated rings. The lowest BCUT2D eigenvalue weighted by molar-refractivity contribution is -0.115. The summed E-state index contributed by atoms with van der Waals surface area (Å²) in [5, 5.41) is 0.842. The number of allylic oxidation sites excluding steroid dienone is 5. The Morgan fingerprint density at radius 1 is 1.31 bits per heavy atom. The minimum atomic E-state index is -0.347. The van der Waals surface area contributed by atoms with Gasteiger partial charge in [-0.3, -0.25) is 9.79 Å². The number of aliphatic imine (C=N–C) groups is 1. The molecular weight excluding hydrogens is 209 g/mol. The van der Waals surface area contributed by atoms with Crippen LogP contribution in [0.1, 0.15) is 0 Å². The van der Waals surface area contributed by atoms with E-state index in [9.17, 15) is 4.79 Å². The fourth-order valence-corrected chi connectivity index (χ4v) is 1.60. The van der Waals surface area contributed by atoms with Gasteiger partial charge in [-0.25, -0.2) is 0 Å². The molecule has 0 aromatic rings. The van der Waals surface area contributed by atoms with Gasteiger partial charge in [0.05, 0.1) is 21.7 Å². The van der Waals surface area contributed by atoms with E-state index >= 15 is 0 Å². The molecule has 4 heteroatoms. The van der Waals surface area contributed by atoms with Crippen molar-refractivity contribution in [3.63, 3.8) is 0 Å². The van der Waals surface area contributed by atoms with Crippen molar-refractivity contribution >= 4 is 34.7 Å². The molecule has 0 saturated carbocycles. The fourth-order valence-electron chi connectivity index (χ4n) is 1.25. The summed E-state index contributed by atoms with van der Waals surface area (Å²) in [4.78, 5) is 15.4. The topological polar surface area (TPSA) is 29.4 Å². The van der Waals surface area contributed by atoms with Crippen LogP contribution in [0.4, 0.5) is 0 Å². The van der Waals surface area contributed by atoms with Crippen molar-refractivity contribution in [1.29, 1.82) is 0 Å². The average Bonchev–Trinajstić information content (AvgIpc) is 2.09. The zero-order valence-electron chi connectivity index (χ0n) is 6.50. The van der Waals surface area contributed by atoms with Crippen LogP contribution < -0.4 is 0 Å². The highest BCUT2D eigenvalue weighted by Crippen LogP contribution is 2.28. The van der Waals surface area contributed by atoms with E-state index in [2.05, 4.69) is 4.99 Å². The second-order valence-electron chi connectivity index (χ2n) is 2.76. The quantitative estimate of drug-likeness (QED) is 0.608. The third kappa shape index (κ3) is 1.47. The molecule has 0 spiro atoms. The number of rotatable bonds is 0. The maximum atomic E-state index is 11.3. The molecule has 0 N–H and O–H groups in total. The normalized spacial score (nSPS) is 26.2. The number of carbonyl (C=O) groups is 1. The number of hydrogen-bond donors (Lipinski definition) is 0. The molecule has 2 nitrogen and oxygen atoms in total. The maximum absolute atomic E-state index is 11.3. The first-order chi connectivity index (χ1) is 6.18. The van der Waals surface area contributed by atoms with Gasteiger partial charge >= 0.3 is 0 Å². The second-order valence-corrected chi connectivity index (χ2v) is 3.57. The Labute approximate surface area is 85.2 Å². The lowest BCUT2D eigenvalue weighted by Crippen LogP contribution is -2.24. The van der Waals surface area contributed by atoms with Crippen molar-refractivity contribution in [2.24, 2.45) is 10.9 Å². The number of hydrogen-bond acceptors (Lipinski definition) is 2. The maximum Gasteiger partial charge on any atom is 0.170 e. The number of nitrogens with zero attached hydrogens (tertiary/aromatic N) is 1. The van der Waals surface area contributed by atoms with Gasteiger partial charge in [-0.2, -0.15) is 0 Å². The number of halogens is 2. The molecule has 1 aliphatic heterocycles. The van der Waals surface area contributed by atoms with E-state index in [1.807, 2.05) is 0 Å². The summed E-state index contributed by atoms with van der Waals surface area (Å²) < 4.78 is 0. The van der Waals surface area contributed by atoms with Gasteiger partial charge in [0.2, 0.25) is 0 Å². The van der Waals surface area contributed by atoms with Crippen LogP contribution >= 0.6 is 23.2 Å². The highest BCUT2D eigenvalue weighted by Gasteiger charge is 2.25. The largest absolute Gasteiger partial charge is 0.294 e. The standard InChI is InChI=1S/C9H5Cl2NO/c10-6-3-5-8(4-7(6)11)12-2-1-9(5)13/h1-5H. The molecule has 0 bridgehead atoms. The minimum Gasteiger partial charge on any atom is -0.294 e. The Bertz CT molecular complexity index is 390. The van der Waals surface area contributed by atoms with E-state index in [1.165, 1.54) is 12.3 Å². The number of fused-ring (bicyclic) bond motifs is 1. The van der Waals surface area contributed by atoms with Gasteiger partial charge in [-0.1, -0.05) is 23.2 Å². The molecule has 2 aliphatic rings. The molecule has 0 aromatic carbocycles. The number of carbonyl (C=O) groups excluding carboxylic acids is 1. The van der Waals surface area contributed by atoms with Gasteiger partial charge in [-0.05, 0) is 12.2 Å². The first kappa shape index (κ1) is 8.73. The molecule has 0 amide bonds. The van der Waals surface area contributed by atoms with E-state index in [0.29, 0.717) is 15.8 Å². The van der Waals surface area contributed by atoms with Gasteiger partial charge in [-0.15, -0.1) is 0 Å². The van der Waals surface area contributed by atoms with Crippen molar-refractivity contribution in [3.8, 4) is 0 Å². The van der Waals surface area contributed by atoms with Crippen LogP contribution in [0, 0.1) is 5.92 Å². The highest BCUT2D eigenvalue weighted by atomic mass is 35.5. The minimum absolute atomic E-state index is 0.0106. The molecule has 1 unspecified atom stereocenters. The summed E-state index contributed by atoms with van der Waals surface area (Å²) in [5.74, 6) is -0.358. The van der Waals surface area contributed by atoms with Crippen molar-refractivity contribution in [1.82, 2.24) is 0 Å². The molecule has 0 aromatic heterocycles. The van der Waals surface area contributed by atoms with Crippen LogP contribution in [-0.2, 0) is 4.79 Å². The molecule has 1 heterocycles. The number of ketones is 1. The van der Waals surface area contributed by atoms with Crippen molar-refractivity contribution in [3.05, 3.63) is 34.5 Å². The van der Waals surface area contributed by atoms with E-state index in [0.717, 1.165) is 0 Å². The van der Waals surface area contributed by atoms with E-state index in [1.54, 1.807) is 12.2 Å². The third-order valence-electron chi connectivity index (χ3n) is 1.90. The highest BCUT2D eigenvalue weighted by molar-refractivity contribution is 6.46. The monoisotopic (exact) mass is 213 g/mol. The molecule has 66 valence electrons. The van der Waals surface area contributed by atoms with Crippen molar-refractivity contribution in [2.75, 3.05) is 0 Å². The molecule has 13 heavy (non-hydrogen) atoms. The average molecular weight is 214 g/mol. The van der Waals surface area contributed by atoms with Crippen LogP contribution in [0.3, 0.4) is 0 Å². The van der Waals surface area contributed by atoms with Gasteiger partial charge in [0.25, 0.3) is 0 Å². The Hall–Kier alpha value is -0.860. The Morgan fingerprint density at radius 3 is 2.85 bits per heavy atom. The molecular formula is C9H5Cl2NO. The Balaban J connectivity index is 2.47. The van der Waals surface area contributed by atoms with Crippen molar-refractivity contribution < 1.29 is 4.79 Å². The summed E-state index contributed by atoms with van der Waals surface area (Å²) in [7, 11) is 0. The summed E-state index contributed by atoms with van der Waals surface area (Å²) in [5.41, 5.74) is 0.655. The van der Waals surface area contributed by atoms with Crippen LogP contribution in [-0.4, -0.2) is 11.5 Å². The molecule has 2 rings (SSSR count). The smallest absolute Gasteiger partial charge is 0.170 e. The summed E-state index contributed by atoms with van der Waals surface area (Å²) >= 11 is 11.6. The van der Waals surface area contributed by atoms with Gasteiger partial charge in [0.15, 0.2) is 5.78 Å². The Morgan fingerprint density at radius 2 is 2.08 bits per heavy atom. The second kappa shape index (κ2) is 3.13. The predicted octanol–water partition coefficient (Wildman–Crippen LogP) is 2.40. The van der Waals surface area contributed by atoms with Gasteiger partial charge in [0.1, 0.15) is 0 Å². The molecule has 1 atom stereocenters.